The molecule has 4 aromatic rings. The van der Waals surface area contributed by atoms with Gasteiger partial charge in [0.15, 0.2) is 5.79 Å². The van der Waals surface area contributed by atoms with Crippen LogP contribution < -0.4 is 14.5 Å². The summed E-state index contributed by atoms with van der Waals surface area (Å²) in [6.07, 6.45) is 0.957. The Hall–Kier alpha value is -4.06. The van der Waals surface area contributed by atoms with Gasteiger partial charge in [0, 0.05) is 55.3 Å². The summed E-state index contributed by atoms with van der Waals surface area (Å²) in [6, 6.07) is 21.2. The van der Waals surface area contributed by atoms with Crippen LogP contribution >= 0.6 is 11.3 Å². The molecule has 2 aliphatic rings. The Labute approximate surface area is 267 Å². The van der Waals surface area contributed by atoms with E-state index in [9.17, 15) is 9.59 Å². The summed E-state index contributed by atoms with van der Waals surface area (Å²) in [7, 11) is 0. The molecule has 0 unspecified atom stereocenters. The molecule has 0 saturated carbocycles. The largest absolute Gasteiger partial charge is 0.461 e. The van der Waals surface area contributed by atoms with Gasteiger partial charge in [0.2, 0.25) is 5.91 Å². The number of benzene rings is 2. The molecular weight excluding hydrogens is 590 g/mol. The van der Waals surface area contributed by atoms with Gasteiger partial charge in [-0.05, 0) is 50.6 Å². The lowest BCUT2D eigenvalue weighted by atomic mass is 10.1. The van der Waals surface area contributed by atoms with E-state index in [1.54, 1.807) is 28.4 Å². The lowest BCUT2D eigenvalue weighted by molar-refractivity contribution is -0.141. The zero-order chi connectivity index (χ0) is 31.4. The van der Waals surface area contributed by atoms with Gasteiger partial charge in [-0.15, -0.1) is 11.3 Å². The minimum Gasteiger partial charge on any atom is -0.461 e. The predicted octanol–water partition coefficient (Wildman–Crippen LogP) is 5.17. The SMILES string of the molecule is CCc1cc2c(N3CCN(C(=O)CCN(C(=O)c4ccccc4)c4ccccc4)CC3)nc(OC[C@H]3COC(C)(C)O3)nc2s1. The number of hydrogen-bond acceptors (Lipinski definition) is 9. The number of thiophene rings is 1. The Morgan fingerprint density at radius 3 is 2.40 bits per heavy atom. The van der Waals surface area contributed by atoms with Crippen LogP contribution in [-0.2, 0) is 20.7 Å². The minimum absolute atomic E-state index is 0.0267. The molecule has 2 fully saturated rings. The van der Waals surface area contributed by atoms with Crippen molar-refractivity contribution in [3.05, 3.63) is 77.2 Å². The van der Waals surface area contributed by atoms with Crippen LogP contribution in [0.5, 0.6) is 6.01 Å². The Morgan fingerprint density at radius 2 is 1.73 bits per heavy atom. The lowest BCUT2D eigenvalue weighted by Gasteiger charge is -2.36. The zero-order valence-corrected chi connectivity index (χ0v) is 26.8. The van der Waals surface area contributed by atoms with Crippen molar-refractivity contribution in [2.45, 2.75) is 45.5 Å². The van der Waals surface area contributed by atoms with Crippen LogP contribution in [0.25, 0.3) is 10.2 Å². The van der Waals surface area contributed by atoms with Crippen LogP contribution in [0.3, 0.4) is 0 Å². The second-order valence-corrected chi connectivity index (χ2v) is 12.8. The van der Waals surface area contributed by atoms with Crippen LogP contribution in [0.2, 0.25) is 0 Å². The number of aryl methyl sites for hydroxylation is 1. The van der Waals surface area contributed by atoms with Crippen LogP contribution in [0.15, 0.2) is 66.7 Å². The fourth-order valence-corrected chi connectivity index (χ4v) is 6.61. The first kappa shape index (κ1) is 30.9. The first-order valence-electron chi connectivity index (χ1n) is 15.5. The number of fused-ring (bicyclic) bond motifs is 1. The molecule has 0 aliphatic carbocycles. The molecule has 0 spiro atoms. The number of piperazine rings is 1. The van der Waals surface area contributed by atoms with Crippen molar-refractivity contribution in [3.8, 4) is 6.01 Å². The number of carbonyl (C=O) groups is 2. The fraction of sp³-hybridized carbons (Fsp3) is 0.412. The molecule has 6 rings (SSSR count). The molecule has 2 saturated heterocycles. The van der Waals surface area contributed by atoms with Gasteiger partial charge in [0.25, 0.3) is 5.91 Å². The average Bonchev–Trinajstić information content (AvgIpc) is 3.66. The van der Waals surface area contributed by atoms with Gasteiger partial charge < -0.3 is 28.9 Å². The van der Waals surface area contributed by atoms with Crippen LogP contribution in [0, 0.1) is 0 Å². The van der Waals surface area contributed by atoms with Gasteiger partial charge in [0.1, 0.15) is 23.4 Å². The molecule has 236 valence electrons. The maximum absolute atomic E-state index is 13.4. The maximum atomic E-state index is 13.4. The van der Waals surface area contributed by atoms with Crippen molar-refractivity contribution >= 4 is 44.9 Å². The Kier molecular flexibility index (Phi) is 9.29. The number of carbonyl (C=O) groups excluding carboxylic acids is 2. The van der Waals surface area contributed by atoms with Crippen molar-refractivity contribution in [3.63, 3.8) is 0 Å². The van der Waals surface area contributed by atoms with E-state index in [0.717, 1.165) is 28.1 Å². The number of para-hydroxylation sites is 1. The summed E-state index contributed by atoms with van der Waals surface area (Å²) in [6.45, 7) is 9.35. The monoisotopic (exact) mass is 629 g/mol. The van der Waals surface area contributed by atoms with E-state index in [1.807, 2.05) is 67.3 Å². The van der Waals surface area contributed by atoms with Crippen molar-refractivity contribution in [1.82, 2.24) is 14.9 Å². The molecule has 2 aliphatic heterocycles. The van der Waals surface area contributed by atoms with Gasteiger partial charge in [-0.2, -0.15) is 9.97 Å². The molecular formula is C34H39N5O5S. The number of rotatable bonds is 10. The fourth-order valence-electron chi connectivity index (χ4n) is 5.66. The highest BCUT2D eigenvalue weighted by atomic mass is 32.1. The third-order valence-electron chi connectivity index (χ3n) is 8.03. The van der Waals surface area contributed by atoms with E-state index in [4.69, 9.17) is 24.2 Å². The van der Waals surface area contributed by atoms with Gasteiger partial charge in [-0.25, -0.2) is 0 Å². The molecule has 11 heteroatoms. The molecule has 45 heavy (non-hydrogen) atoms. The summed E-state index contributed by atoms with van der Waals surface area (Å²) in [5, 5.41) is 1.00. The van der Waals surface area contributed by atoms with Gasteiger partial charge in [-0.1, -0.05) is 43.3 Å². The van der Waals surface area contributed by atoms with Crippen molar-refractivity contribution in [2.24, 2.45) is 0 Å². The normalized spacial score (nSPS) is 17.9. The zero-order valence-electron chi connectivity index (χ0n) is 26.0. The Morgan fingerprint density at radius 1 is 1.02 bits per heavy atom. The van der Waals surface area contributed by atoms with Crippen molar-refractivity contribution in [2.75, 3.05) is 55.7 Å². The third-order valence-corrected chi connectivity index (χ3v) is 9.21. The highest BCUT2D eigenvalue weighted by Gasteiger charge is 2.33. The van der Waals surface area contributed by atoms with E-state index < -0.39 is 5.79 Å². The molecule has 2 amide bonds. The first-order chi connectivity index (χ1) is 21.8. The molecule has 0 radical (unpaired) electrons. The number of aromatic nitrogens is 2. The first-order valence-corrected chi connectivity index (χ1v) is 16.3. The van der Waals surface area contributed by atoms with Crippen LogP contribution in [0.4, 0.5) is 11.5 Å². The summed E-state index contributed by atoms with van der Waals surface area (Å²) in [4.78, 5) is 44.2. The topological polar surface area (TPSA) is 97.3 Å². The second kappa shape index (κ2) is 13.5. The average molecular weight is 630 g/mol. The molecule has 2 aromatic carbocycles. The molecule has 4 heterocycles. The van der Waals surface area contributed by atoms with E-state index in [-0.39, 0.29) is 24.3 Å². The van der Waals surface area contributed by atoms with Crippen molar-refractivity contribution in [1.29, 1.82) is 0 Å². The quantitative estimate of drug-likeness (QED) is 0.237. The van der Waals surface area contributed by atoms with Gasteiger partial charge in [0.05, 0.1) is 12.0 Å². The molecule has 2 aromatic heterocycles. The number of amides is 2. The number of ether oxygens (including phenoxy) is 3. The minimum atomic E-state index is -0.623. The smallest absolute Gasteiger partial charge is 0.319 e. The number of hydrogen-bond donors (Lipinski definition) is 0. The summed E-state index contributed by atoms with van der Waals surface area (Å²) < 4.78 is 17.6. The molecule has 10 nitrogen and oxygen atoms in total. The summed E-state index contributed by atoms with van der Waals surface area (Å²) >= 11 is 1.65. The van der Waals surface area contributed by atoms with E-state index in [1.165, 1.54) is 4.88 Å². The van der Waals surface area contributed by atoms with Crippen LogP contribution in [0.1, 0.15) is 42.4 Å². The highest BCUT2D eigenvalue weighted by molar-refractivity contribution is 7.18. The second-order valence-electron chi connectivity index (χ2n) is 11.7. The van der Waals surface area contributed by atoms with Gasteiger partial charge in [-0.3, -0.25) is 9.59 Å². The third kappa shape index (κ3) is 7.27. The van der Waals surface area contributed by atoms with Gasteiger partial charge >= 0.3 is 6.01 Å². The summed E-state index contributed by atoms with van der Waals surface area (Å²) in [5.74, 6) is 0.106. The number of anilines is 2. The maximum Gasteiger partial charge on any atom is 0.319 e. The number of nitrogens with zero attached hydrogens (tertiary/aromatic N) is 5. The lowest BCUT2D eigenvalue weighted by Crippen LogP contribution is -2.49. The standard InChI is InChI=1S/C34H39N5O5S/c1-4-27-21-28-30(35-33(36-31(28)45-27)42-22-26-23-43-34(2,3)44-26)38-19-17-37(18-20-38)29(40)15-16-39(25-13-9-6-10-14-25)32(41)24-11-7-5-8-12-24/h5-14,21,26H,4,15-20,22-23H2,1-3H3/t26-/m0/s1. The molecule has 0 bridgehead atoms. The Balaban J connectivity index is 1.11. The molecule has 0 N–H and O–H groups in total. The van der Waals surface area contributed by atoms with Crippen molar-refractivity contribution < 1.29 is 23.8 Å². The molecule has 1 atom stereocenters. The highest BCUT2D eigenvalue weighted by Crippen LogP contribution is 2.34. The predicted molar refractivity (Wildman–Crippen MR) is 175 cm³/mol. The summed E-state index contributed by atoms with van der Waals surface area (Å²) in [5.41, 5.74) is 1.36. The van der Waals surface area contributed by atoms with E-state index in [2.05, 4.69) is 17.9 Å². The van der Waals surface area contributed by atoms with Crippen LogP contribution in [-0.4, -0.2) is 84.5 Å². The Bertz CT molecular complexity index is 1620. The van der Waals surface area contributed by atoms with E-state index in [0.29, 0.717) is 57.5 Å². The van der Waals surface area contributed by atoms with E-state index >= 15 is 0 Å².